The van der Waals surface area contributed by atoms with Gasteiger partial charge in [-0.1, -0.05) is 30.3 Å². The molecule has 0 radical (unpaired) electrons. The molecule has 0 spiro atoms. The molecule has 152 valence electrons. The number of aromatic hydroxyl groups is 1. The van der Waals surface area contributed by atoms with Gasteiger partial charge in [0.15, 0.2) is 12.2 Å². The minimum Gasteiger partial charge on any atom is -0.508 e. The third-order valence-electron chi connectivity index (χ3n) is 4.50. The third-order valence-corrected chi connectivity index (χ3v) is 4.50. The Morgan fingerprint density at radius 3 is 2.43 bits per heavy atom. The molecule has 1 heterocycles. The van der Waals surface area contributed by atoms with Crippen LogP contribution in [0.3, 0.4) is 0 Å². The van der Waals surface area contributed by atoms with Crippen molar-refractivity contribution in [2.45, 2.75) is 6.61 Å². The lowest BCUT2D eigenvalue weighted by molar-refractivity contribution is 0.0510. The van der Waals surface area contributed by atoms with E-state index in [2.05, 4.69) is 0 Å². The lowest BCUT2D eigenvalue weighted by atomic mass is 10.1. The van der Waals surface area contributed by atoms with Gasteiger partial charge in [0.1, 0.15) is 40.6 Å². The minimum absolute atomic E-state index is 0.0471. The van der Waals surface area contributed by atoms with E-state index in [1.165, 1.54) is 25.3 Å². The summed E-state index contributed by atoms with van der Waals surface area (Å²) in [7, 11) is 1.52. The summed E-state index contributed by atoms with van der Waals surface area (Å²) in [6.07, 6.45) is 0. The first kappa shape index (κ1) is 19.5. The third kappa shape index (κ3) is 4.29. The standard InChI is InChI=1S/C24H20O6/c1-27-15-29-19-11-22(28-14-16-5-3-2-4-6-16)24-20(26)13-21(30-23(24)12-19)17-7-9-18(25)10-8-17/h2-13,25H,14-15H2,1H3. The molecule has 6 heteroatoms. The Bertz CT molecular complexity index is 1200. The van der Waals surface area contributed by atoms with Crippen LogP contribution in [0.4, 0.5) is 0 Å². The number of benzene rings is 3. The molecule has 0 bridgehead atoms. The van der Waals surface area contributed by atoms with E-state index in [0.717, 1.165) is 5.56 Å². The number of phenolic OH excluding ortho intramolecular Hbond substituents is 1. The number of hydrogen-bond donors (Lipinski definition) is 1. The van der Waals surface area contributed by atoms with Gasteiger partial charge in [-0.2, -0.15) is 0 Å². The fraction of sp³-hybridized carbons (Fsp3) is 0.125. The molecule has 30 heavy (non-hydrogen) atoms. The predicted molar refractivity (Wildman–Crippen MR) is 113 cm³/mol. The van der Waals surface area contributed by atoms with Gasteiger partial charge >= 0.3 is 0 Å². The monoisotopic (exact) mass is 404 g/mol. The average Bonchev–Trinajstić information content (AvgIpc) is 2.77. The van der Waals surface area contributed by atoms with Gasteiger partial charge in [-0.15, -0.1) is 0 Å². The lowest BCUT2D eigenvalue weighted by Crippen LogP contribution is -2.06. The second kappa shape index (κ2) is 8.71. The van der Waals surface area contributed by atoms with Gasteiger partial charge < -0.3 is 23.7 Å². The van der Waals surface area contributed by atoms with Crippen molar-refractivity contribution in [3.63, 3.8) is 0 Å². The number of hydrogen-bond acceptors (Lipinski definition) is 6. The highest BCUT2D eigenvalue weighted by Crippen LogP contribution is 2.33. The SMILES string of the molecule is COCOc1cc(OCc2ccccc2)c2c(=O)cc(-c3ccc(O)cc3)oc2c1. The number of phenols is 1. The molecular weight excluding hydrogens is 384 g/mol. The molecule has 0 fully saturated rings. The van der Waals surface area contributed by atoms with Crippen LogP contribution in [-0.4, -0.2) is 19.0 Å². The predicted octanol–water partition coefficient (Wildman–Crippen LogP) is 4.73. The van der Waals surface area contributed by atoms with Crippen molar-refractivity contribution < 1.29 is 23.7 Å². The summed E-state index contributed by atoms with van der Waals surface area (Å²) < 4.78 is 22.5. The fourth-order valence-corrected chi connectivity index (χ4v) is 3.06. The van der Waals surface area contributed by atoms with Gasteiger partial charge in [-0.3, -0.25) is 4.79 Å². The van der Waals surface area contributed by atoms with Crippen molar-refractivity contribution in [2.75, 3.05) is 13.9 Å². The first-order valence-electron chi connectivity index (χ1n) is 9.34. The van der Waals surface area contributed by atoms with Crippen LogP contribution in [0.15, 0.2) is 82.0 Å². The molecule has 0 aliphatic rings. The topological polar surface area (TPSA) is 78.1 Å². The highest BCUT2D eigenvalue weighted by molar-refractivity contribution is 5.86. The Balaban J connectivity index is 1.78. The Morgan fingerprint density at radius 2 is 1.70 bits per heavy atom. The van der Waals surface area contributed by atoms with Gasteiger partial charge in [0.2, 0.25) is 0 Å². The zero-order valence-electron chi connectivity index (χ0n) is 16.3. The molecule has 0 saturated heterocycles. The second-order valence-corrected chi connectivity index (χ2v) is 6.64. The number of fused-ring (bicyclic) bond motifs is 1. The molecule has 0 aliphatic heterocycles. The summed E-state index contributed by atoms with van der Waals surface area (Å²) in [5.41, 5.74) is 1.74. The van der Waals surface area contributed by atoms with E-state index in [1.54, 1.807) is 24.3 Å². The molecule has 3 aromatic carbocycles. The molecule has 4 rings (SSSR count). The molecule has 0 unspecified atom stereocenters. The van der Waals surface area contributed by atoms with Crippen molar-refractivity contribution in [3.8, 4) is 28.6 Å². The maximum atomic E-state index is 12.9. The first-order valence-corrected chi connectivity index (χ1v) is 9.34. The second-order valence-electron chi connectivity index (χ2n) is 6.64. The van der Waals surface area contributed by atoms with Crippen LogP contribution in [0.1, 0.15) is 5.56 Å². The highest BCUT2D eigenvalue weighted by Gasteiger charge is 2.15. The number of methoxy groups -OCH3 is 1. The minimum atomic E-state index is -0.235. The van der Waals surface area contributed by atoms with E-state index >= 15 is 0 Å². The molecule has 0 aliphatic carbocycles. The van der Waals surface area contributed by atoms with Gasteiger partial charge in [0.05, 0.1) is 0 Å². The van der Waals surface area contributed by atoms with Gasteiger partial charge in [-0.25, -0.2) is 0 Å². The van der Waals surface area contributed by atoms with Crippen molar-refractivity contribution in [1.82, 2.24) is 0 Å². The maximum absolute atomic E-state index is 12.9. The van der Waals surface area contributed by atoms with E-state index in [9.17, 15) is 9.90 Å². The van der Waals surface area contributed by atoms with E-state index in [-0.39, 0.29) is 18.0 Å². The largest absolute Gasteiger partial charge is 0.508 e. The Kier molecular flexibility index (Phi) is 5.68. The maximum Gasteiger partial charge on any atom is 0.197 e. The van der Waals surface area contributed by atoms with Crippen LogP contribution >= 0.6 is 0 Å². The highest BCUT2D eigenvalue weighted by atomic mass is 16.7. The van der Waals surface area contributed by atoms with Crippen molar-refractivity contribution in [3.05, 3.63) is 88.6 Å². The van der Waals surface area contributed by atoms with Crippen LogP contribution in [0.2, 0.25) is 0 Å². The smallest absolute Gasteiger partial charge is 0.197 e. The summed E-state index contributed by atoms with van der Waals surface area (Å²) in [6.45, 7) is 0.342. The van der Waals surface area contributed by atoms with Crippen LogP contribution in [0.25, 0.3) is 22.3 Å². The average molecular weight is 404 g/mol. The van der Waals surface area contributed by atoms with Crippen molar-refractivity contribution >= 4 is 11.0 Å². The van der Waals surface area contributed by atoms with Crippen LogP contribution in [-0.2, 0) is 11.3 Å². The molecule has 0 amide bonds. The molecule has 0 saturated carbocycles. The van der Waals surface area contributed by atoms with E-state index in [1.807, 2.05) is 30.3 Å². The Hall–Kier alpha value is -3.77. The van der Waals surface area contributed by atoms with Crippen molar-refractivity contribution in [2.24, 2.45) is 0 Å². The quantitative estimate of drug-likeness (QED) is 0.449. The number of rotatable bonds is 7. The lowest BCUT2D eigenvalue weighted by Gasteiger charge is -2.13. The van der Waals surface area contributed by atoms with Crippen LogP contribution in [0.5, 0.6) is 17.2 Å². The van der Waals surface area contributed by atoms with Gasteiger partial charge in [-0.05, 0) is 29.8 Å². The van der Waals surface area contributed by atoms with Crippen molar-refractivity contribution in [1.29, 1.82) is 0 Å². The van der Waals surface area contributed by atoms with Crippen LogP contribution < -0.4 is 14.9 Å². The summed E-state index contributed by atoms with van der Waals surface area (Å²) >= 11 is 0. The molecule has 0 atom stereocenters. The zero-order valence-corrected chi connectivity index (χ0v) is 16.3. The molecular formula is C24H20O6. The summed E-state index contributed by atoms with van der Waals surface area (Å²) in [5, 5.41) is 9.83. The fourth-order valence-electron chi connectivity index (χ4n) is 3.06. The Morgan fingerprint density at radius 1 is 0.933 bits per heavy atom. The normalized spacial score (nSPS) is 10.8. The summed E-state index contributed by atoms with van der Waals surface area (Å²) in [4.78, 5) is 12.9. The summed E-state index contributed by atoms with van der Waals surface area (Å²) in [6, 6.07) is 20.8. The van der Waals surface area contributed by atoms with Gasteiger partial charge in [0.25, 0.3) is 0 Å². The van der Waals surface area contributed by atoms with Crippen LogP contribution in [0, 0.1) is 0 Å². The van der Waals surface area contributed by atoms with E-state index in [4.69, 9.17) is 18.6 Å². The first-order chi connectivity index (χ1) is 14.6. The zero-order chi connectivity index (χ0) is 20.9. The molecule has 4 aromatic rings. The van der Waals surface area contributed by atoms with E-state index in [0.29, 0.717) is 40.4 Å². The molecule has 1 aromatic heterocycles. The summed E-state index contributed by atoms with van der Waals surface area (Å²) in [5.74, 6) is 1.34. The van der Waals surface area contributed by atoms with Gasteiger partial charge in [0, 0.05) is 30.9 Å². The Labute approximate surface area is 172 Å². The molecule has 6 nitrogen and oxygen atoms in total. The molecule has 1 N–H and O–H groups in total. The van der Waals surface area contributed by atoms with E-state index < -0.39 is 0 Å². The number of ether oxygens (including phenoxy) is 3.